The second-order valence-corrected chi connectivity index (χ2v) is 12.8. The van der Waals surface area contributed by atoms with E-state index < -0.39 is 0 Å². The lowest BCUT2D eigenvalue weighted by Crippen LogP contribution is -2.33. The average Bonchev–Trinajstić information content (AvgIpc) is 3.36. The van der Waals surface area contributed by atoms with Crippen LogP contribution in [0.4, 0.5) is 0 Å². The van der Waals surface area contributed by atoms with Crippen LogP contribution in [-0.4, -0.2) is 9.55 Å². The van der Waals surface area contributed by atoms with E-state index in [1.807, 2.05) is 6.20 Å². The summed E-state index contributed by atoms with van der Waals surface area (Å²) < 4.78 is 2.31. The van der Waals surface area contributed by atoms with E-state index in [1.165, 1.54) is 51.9 Å². The molecule has 0 bridgehead atoms. The first-order valence-corrected chi connectivity index (χ1v) is 13.9. The lowest BCUT2D eigenvalue weighted by molar-refractivity contribution is 0.332. The van der Waals surface area contributed by atoms with Gasteiger partial charge in [-0.2, -0.15) is 0 Å². The van der Waals surface area contributed by atoms with Crippen molar-refractivity contribution >= 4 is 0 Å². The Morgan fingerprint density at radius 3 is 1.86 bits per heavy atom. The first-order chi connectivity index (χ1) is 17.5. The van der Waals surface area contributed by atoms with E-state index in [-0.39, 0.29) is 10.8 Å². The lowest BCUT2D eigenvalue weighted by Gasteiger charge is -2.42. The van der Waals surface area contributed by atoms with Gasteiger partial charge in [0.15, 0.2) is 0 Å². The molecule has 0 spiro atoms. The van der Waals surface area contributed by atoms with Crippen LogP contribution in [0.2, 0.25) is 0 Å². The molecule has 5 rings (SSSR count). The first-order valence-electron chi connectivity index (χ1n) is 13.9. The lowest BCUT2D eigenvalue weighted by atomic mass is 9.63. The second kappa shape index (κ2) is 9.31. The smallest absolute Gasteiger partial charge is 0.144 e. The Balaban J connectivity index is 1.72. The molecule has 2 nitrogen and oxygen atoms in total. The van der Waals surface area contributed by atoms with E-state index in [2.05, 4.69) is 127 Å². The zero-order chi connectivity index (χ0) is 26.5. The van der Waals surface area contributed by atoms with Crippen molar-refractivity contribution in [1.82, 2.24) is 9.55 Å². The summed E-state index contributed by atoms with van der Waals surface area (Å²) >= 11 is 0. The Hall–Kier alpha value is -3.13. The van der Waals surface area contributed by atoms with Gasteiger partial charge in [0, 0.05) is 18.0 Å². The number of hydrogen-bond donors (Lipinski definition) is 0. The van der Waals surface area contributed by atoms with Gasteiger partial charge in [0.2, 0.25) is 0 Å². The quantitative estimate of drug-likeness (QED) is 0.272. The highest BCUT2D eigenvalue weighted by Crippen LogP contribution is 2.47. The molecule has 1 heterocycles. The van der Waals surface area contributed by atoms with Crippen molar-refractivity contribution < 1.29 is 0 Å². The standard InChI is InChI=1S/C35H42N2/c1-23(2)28-20-27(26-14-15-30-31(22-26)35(7,8)17-16-34(30,5)6)21-29(24(3)4)32(28)37-19-18-36-33(37)25-12-10-9-11-13-25/h9-15,18-24H,16-17H2,1-8H3. The van der Waals surface area contributed by atoms with E-state index in [0.717, 1.165) is 11.4 Å². The summed E-state index contributed by atoms with van der Waals surface area (Å²) in [6.07, 6.45) is 6.52. The van der Waals surface area contributed by atoms with Gasteiger partial charge in [-0.3, -0.25) is 4.57 Å². The molecule has 0 saturated heterocycles. The van der Waals surface area contributed by atoms with Gasteiger partial charge in [0.25, 0.3) is 0 Å². The van der Waals surface area contributed by atoms with Crippen molar-refractivity contribution in [3.8, 4) is 28.2 Å². The van der Waals surface area contributed by atoms with Crippen LogP contribution < -0.4 is 0 Å². The van der Waals surface area contributed by atoms with Crippen molar-refractivity contribution in [2.75, 3.05) is 0 Å². The highest BCUT2D eigenvalue weighted by Gasteiger charge is 2.37. The van der Waals surface area contributed by atoms with E-state index in [0.29, 0.717) is 11.8 Å². The highest BCUT2D eigenvalue weighted by atomic mass is 15.1. The molecule has 37 heavy (non-hydrogen) atoms. The zero-order valence-corrected chi connectivity index (χ0v) is 23.9. The molecule has 1 aliphatic rings. The summed E-state index contributed by atoms with van der Waals surface area (Å²) in [7, 11) is 0. The minimum Gasteiger partial charge on any atom is -0.299 e. The van der Waals surface area contributed by atoms with Crippen LogP contribution >= 0.6 is 0 Å². The summed E-state index contributed by atoms with van der Waals surface area (Å²) in [6.45, 7) is 18.9. The maximum atomic E-state index is 4.78. The number of hydrogen-bond acceptors (Lipinski definition) is 1. The molecule has 0 N–H and O–H groups in total. The Labute approximate surface area is 223 Å². The molecule has 0 amide bonds. The van der Waals surface area contributed by atoms with E-state index in [4.69, 9.17) is 4.98 Å². The molecule has 2 heteroatoms. The summed E-state index contributed by atoms with van der Waals surface area (Å²) in [5, 5.41) is 0. The van der Waals surface area contributed by atoms with Crippen LogP contribution in [0.25, 0.3) is 28.2 Å². The fourth-order valence-electron chi connectivity index (χ4n) is 6.06. The molecule has 0 aliphatic heterocycles. The number of benzene rings is 3. The first kappa shape index (κ1) is 25.5. The molecule has 4 aromatic rings. The van der Waals surface area contributed by atoms with Gasteiger partial charge >= 0.3 is 0 Å². The third-order valence-corrected chi connectivity index (χ3v) is 8.51. The molecule has 0 saturated carbocycles. The van der Waals surface area contributed by atoms with Crippen LogP contribution in [0, 0.1) is 0 Å². The predicted octanol–water partition coefficient (Wildman–Crippen LogP) is 9.80. The Kier molecular flexibility index (Phi) is 6.42. The minimum atomic E-state index is 0.198. The maximum absolute atomic E-state index is 4.78. The van der Waals surface area contributed by atoms with Gasteiger partial charge in [0.05, 0.1) is 5.69 Å². The van der Waals surface area contributed by atoms with Gasteiger partial charge in [-0.05, 0) is 81.0 Å². The number of fused-ring (bicyclic) bond motifs is 1. The molecule has 0 unspecified atom stereocenters. The van der Waals surface area contributed by atoms with Crippen LogP contribution in [0.15, 0.2) is 73.1 Å². The SMILES string of the molecule is CC(C)c1cc(-c2ccc3c(c2)C(C)(C)CCC3(C)C)cc(C(C)C)c1-n1ccnc1-c1ccccc1. The Morgan fingerprint density at radius 2 is 1.27 bits per heavy atom. The predicted molar refractivity (Wildman–Crippen MR) is 158 cm³/mol. The van der Waals surface area contributed by atoms with Gasteiger partial charge in [-0.15, -0.1) is 0 Å². The number of aromatic nitrogens is 2. The van der Waals surface area contributed by atoms with E-state index in [1.54, 1.807) is 0 Å². The summed E-state index contributed by atoms with van der Waals surface area (Å²) in [5.74, 6) is 1.76. The Morgan fingerprint density at radius 1 is 0.676 bits per heavy atom. The fourth-order valence-corrected chi connectivity index (χ4v) is 6.06. The van der Waals surface area contributed by atoms with Crippen LogP contribution in [0.1, 0.15) is 102 Å². The van der Waals surface area contributed by atoms with Crippen LogP contribution in [-0.2, 0) is 10.8 Å². The summed E-state index contributed by atoms with van der Waals surface area (Å²) in [4.78, 5) is 4.78. The fraction of sp³-hybridized carbons (Fsp3) is 0.400. The number of rotatable bonds is 5. The van der Waals surface area contributed by atoms with Crippen molar-refractivity contribution in [3.63, 3.8) is 0 Å². The largest absolute Gasteiger partial charge is 0.299 e. The molecule has 0 radical (unpaired) electrons. The average molecular weight is 491 g/mol. The van der Waals surface area contributed by atoms with Crippen LogP contribution in [0.3, 0.4) is 0 Å². The third kappa shape index (κ3) is 4.56. The molecule has 1 aromatic heterocycles. The summed E-state index contributed by atoms with van der Waals surface area (Å²) in [6, 6.07) is 22.7. The van der Waals surface area contributed by atoms with Gasteiger partial charge in [0.1, 0.15) is 5.82 Å². The monoisotopic (exact) mass is 490 g/mol. The number of imidazole rings is 1. The van der Waals surface area contributed by atoms with Crippen molar-refractivity contribution in [3.05, 3.63) is 95.3 Å². The normalized spacial score (nSPS) is 16.3. The molecular weight excluding hydrogens is 448 g/mol. The topological polar surface area (TPSA) is 17.8 Å². The van der Waals surface area contributed by atoms with Crippen LogP contribution in [0.5, 0.6) is 0 Å². The molecular formula is C35H42N2. The molecule has 3 aromatic carbocycles. The van der Waals surface area contributed by atoms with Crippen molar-refractivity contribution in [1.29, 1.82) is 0 Å². The van der Waals surface area contributed by atoms with Gasteiger partial charge < -0.3 is 0 Å². The molecule has 0 fully saturated rings. The number of nitrogens with zero attached hydrogens (tertiary/aromatic N) is 2. The third-order valence-electron chi connectivity index (χ3n) is 8.51. The molecule has 1 aliphatic carbocycles. The van der Waals surface area contributed by atoms with E-state index >= 15 is 0 Å². The maximum Gasteiger partial charge on any atom is 0.144 e. The second-order valence-electron chi connectivity index (χ2n) is 12.8. The van der Waals surface area contributed by atoms with Crippen molar-refractivity contribution in [2.24, 2.45) is 0 Å². The van der Waals surface area contributed by atoms with Crippen molar-refractivity contribution in [2.45, 2.75) is 90.9 Å². The molecule has 0 atom stereocenters. The molecule has 192 valence electrons. The Bertz CT molecular complexity index is 1390. The van der Waals surface area contributed by atoms with Gasteiger partial charge in [-0.25, -0.2) is 4.98 Å². The summed E-state index contributed by atoms with van der Waals surface area (Å²) in [5.41, 5.74) is 11.3. The minimum absolute atomic E-state index is 0.198. The highest BCUT2D eigenvalue weighted by molar-refractivity contribution is 5.73. The van der Waals surface area contributed by atoms with Gasteiger partial charge in [-0.1, -0.05) is 104 Å². The van der Waals surface area contributed by atoms with E-state index in [9.17, 15) is 0 Å². The zero-order valence-electron chi connectivity index (χ0n) is 23.9.